The van der Waals surface area contributed by atoms with E-state index in [1.165, 1.54) is 55.7 Å². The smallest absolute Gasteiger partial charge is 0.413 e. The van der Waals surface area contributed by atoms with Crippen molar-refractivity contribution < 1.29 is 31.3 Å². The summed E-state index contributed by atoms with van der Waals surface area (Å²) < 4.78 is 49.4. The molecule has 1 atom stereocenters. The molecule has 1 heterocycles. The molecular formula is C17H16N4O7S2. The fraction of sp³-hybridized carbons (Fsp3) is 0.118. The number of aromatic nitrogens is 2. The van der Waals surface area contributed by atoms with Gasteiger partial charge in [0.15, 0.2) is 11.1 Å². The number of hydrogen-bond acceptors (Lipinski definition) is 7. The molecule has 3 rings (SSSR count). The number of rotatable bonds is 7. The highest BCUT2D eigenvalue weighted by Crippen LogP contribution is 2.25. The molecule has 0 aliphatic rings. The molecule has 13 heteroatoms. The lowest BCUT2D eigenvalue weighted by atomic mass is 10.3. The van der Waals surface area contributed by atoms with Gasteiger partial charge in [-0.05, 0) is 36.4 Å². The van der Waals surface area contributed by atoms with Gasteiger partial charge in [-0.15, -0.1) is 0 Å². The molecule has 0 spiro atoms. The van der Waals surface area contributed by atoms with Gasteiger partial charge in [-0.3, -0.25) is 9.89 Å². The third kappa shape index (κ3) is 5.00. The molecular weight excluding hydrogens is 436 g/mol. The number of aliphatic imine (C=N–C) groups is 1. The van der Waals surface area contributed by atoms with E-state index in [1.54, 1.807) is 0 Å². The van der Waals surface area contributed by atoms with Crippen LogP contribution in [0.3, 0.4) is 0 Å². The molecule has 0 aliphatic carbocycles. The lowest BCUT2D eigenvalue weighted by Gasteiger charge is -2.07. The minimum Gasteiger partial charge on any atom is -0.465 e. The summed E-state index contributed by atoms with van der Waals surface area (Å²) in [6.45, 7) is 0. The fourth-order valence-corrected chi connectivity index (χ4v) is 3.48. The Kier molecular flexibility index (Phi) is 6.14. The van der Waals surface area contributed by atoms with Crippen molar-refractivity contribution in [2.45, 2.75) is 4.90 Å². The monoisotopic (exact) mass is 452 g/mol. The summed E-state index contributed by atoms with van der Waals surface area (Å²) in [5, 5.41) is 9.01. The van der Waals surface area contributed by atoms with Crippen molar-refractivity contribution in [2.24, 2.45) is 4.99 Å². The van der Waals surface area contributed by atoms with Gasteiger partial charge in [0.1, 0.15) is 10.6 Å². The molecule has 30 heavy (non-hydrogen) atoms. The van der Waals surface area contributed by atoms with Crippen LogP contribution in [-0.2, 0) is 21.2 Å². The fourth-order valence-electron chi connectivity index (χ4n) is 2.36. The molecule has 0 bridgehead atoms. The van der Waals surface area contributed by atoms with Crippen LogP contribution in [0.2, 0.25) is 0 Å². The summed E-state index contributed by atoms with van der Waals surface area (Å²) in [4.78, 5) is 22.6. The van der Waals surface area contributed by atoms with Crippen LogP contribution >= 0.6 is 0 Å². The number of amides is 1. The quantitative estimate of drug-likeness (QED) is 0.279. The molecule has 11 nitrogen and oxygen atoms in total. The van der Waals surface area contributed by atoms with Crippen molar-refractivity contribution in [3.05, 3.63) is 42.5 Å². The van der Waals surface area contributed by atoms with Crippen LogP contribution in [0.25, 0.3) is 11.0 Å². The van der Waals surface area contributed by atoms with E-state index in [4.69, 9.17) is 13.8 Å². The number of fused-ring (bicyclic) bond motifs is 1. The summed E-state index contributed by atoms with van der Waals surface area (Å²) in [5.74, 6) is -0.0367. The second-order valence-corrected chi connectivity index (χ2v) is 8.43. The lowest BCUT2D eigenvalue weighted by molar-refractivity contribution is 0.203. The van der Waals surface area contributed by atoms with Gasteiger partial charge in [0.05, 0.1) is 22.5 Å². The minimum absolute atomic E-state index is 0.0169. The van der Waals surface area contributed by atoms with Crippen LogP contribution in [0.5, 0.6) is 5.75 Å². The highest BCUT2D eigenvalue weighted by Gasteiger charge is 2.18. The lowest BCUT2D eigenvalue weighted by Crippen LogP contribution is -2.24. The van der Waals surface area contributed by atoms with Gasteiger partial charge < -0.3 is 18.8 Å². The van der Waals surface area contributed by atoms with Gasteiger partial charge in [-0.25, -0.2) is 14.0 Å². The second-order valence-electron chi connectivity index (χ2n) is 5.91. The molecule has 2 aromatic carbocycles. The summed E-state index contributed by atoms with van der Waals surface area (Å²) in [5.41, 5.74) is 1.25. The van der Waals surface area contributed by atoms with Gasteiger partial charge in [0.25, 0.3) is 0 Å². The van der Waals surface area contributed by atoms with Gasteiger partial charge in [0.2, 0.25) is 5.95 Å². The molecule has 158 valence electrons. The van der Waals surface area contributed by atoms with E-state index in [2.05, 4.69) is 15.0 Å². The molecule has 0 saturated carbocycles. The zero-order valence-electron chi connectivity index (χ0n) is 15.4. The molecule has 0 fully saturated rings. The average Bonchev–Trinajstić information content (AvgIpc) is 3.10. The van der Waals surface area contributed by atoms with E-state index in [-0.39, 0.29) is 22.3 Å². The predicted molar refractivity (Wildman–Crippen MR) is 111 cm³/mol. The number of carbonyl (C=O) groups is 1. The SMILES string of the molecule is CN(C(=O)O)c1nc2ccc(OS(=O)(=O)c3ccc(N=CCS(=O)O)cc3)cc2[nH]1. The Bertz CT molecular complexity index is 1240. The number of H-pyrrole nitrogens is 1. The number of nitrogens with zero attached hydrogens (tertiary/aromatic N) is 3. The first-order valence-corrected chi connectivity index (χ1v) is 10.9. The number of carboxylic acid groups (broad SMARTS) is 1. The highest BCUT2D eigenvalue weighted by atomic mass is 32.2. The molecule has 1 aromatic heterocycles. The van der Waals surface area contributed by atoms with E-state index in [0.717, 1.165) is 4.90 Å². The van der Waals surface area contributed by atoms with Crippen LogP contribution in [0.15, 0.2) is 52.4 Å². The van der Waals surface area contributed by atoms with Crippen LogP contribution < -0.4 is 9.08 Å². The Hall–Kier alpha value is -3.29. The molecule has 1 unspecified atom stereocenters. The molecule has 0 saturated heterocycles. The van der Waals surface area contributed by atoms with Crippen molar-refractivity contribution in [1.29, 1.82) is 0 Å². The Labute approximate surface area is 173 Å². The molecule has 3 aromatic rings. The largest absolute Gasteiger partial charge is 0.465 e. The number of hydrogen-bond donors (Lipinski definition) is 3. The Morgan fingerprint density at radius 1 is 1.30 bits per heavy atom. The molecule has 0 aliphatic heterocycles. The Morgan fingerprint density at radius 2 is 2.00 bits per heavy atom. The molecule has 1 amide bonds. The number of anilines is 1. The van der Waals surface area contributed by atoms with E-state index < -0.39 is 27.3 Å². The zero-order valence-corrected chi connectivity index (χ0v) is 17.1. The zero-order chi connectivity index (χ0) is 21.9. The summed E-state index contributed by atoms with van der Waals surface area (Å²) in [6.07, 6.45) is 0.0525. The van der Waals surface area contributed by atoms with Crippen LogP contribution in [0.1, 0.15) is 0 Å². The van der Waals surface area contributed by atoms with Crippen LogP contribution in [0.4, 0.5) is 16.4 Å². The average molecular weight is 452 g/mol. The molecule has 3 N–H and O–H groups in total. The minimum atomic E-state index is -4.13. The topological polar surface area (TPSA) is 162 Å². The number of nitrogens with one attached hydrogen (secondary N) is 1. The number of aromatic amines is 1. The van der Waals surface area contributed by atoms with Crippen molar-refractivity contribution in [1.82, 2.24) is 9.97 Å². The number of imidazole rings is 1. The molecule has 0 radical (unpaired) electrons. The predicted octanol–water partition coefficient (Wildman–Crippen LogP) is 2.37. The van der Waals surface area contributed by atoms with Gasteiger partial charge in [-0.1, -0.05) is 0 Å². The van der Waals surface area contributed by atoms with E-state index in [0.29, 0.717) is 16.7 Å². The van der Waals surface area contributed by atoms with E-state index >= 15 is 0 Å². The van der Waals surface area contributed by atoms with Crippen LogP contribution in [-0.4, -0.2) is 57.4 Å². The normalized spacial score (nSPS) is 12.9. The summed E-state index contributed by atoms with van der Waals surface area (Å²) in [6, 6.07) is 9.75. The summed E-state index contributed by atoms with van der Waals surface area (Å²) in [7, 11) is -2.82. The highest BCUT2D eigenvalue weighted by molar-refractivity contribution is 7.87. The Morgan fingerprint density at radius 3 is 2.63 bits per heavy atom. The van der Waals surface area contributed by atoms with Gasteiger partial charge >= 0.3 is 16.2 Å². The summed E-state index contributed by atoms with van der Waals surface area (Å²) >= 11 is -2.00. The van der Waals surface area contributed by atoms with Crippen molar-refractivity contribution in [3.63, 3.8) is 0 Å². The first-order chi connectivity index (χ1) is 14.2. The second kappa shape index (κ2) is 8.61. The number of benzene rings is 2. The standard InChI is InChI=1S/C17H16N4O7S2/c1-21(17(22)23)16-19-14-7-4-12(10-15(14)20-16)28-30(26,27)13-5-2-11(3-6-13)18-8-9-29(24)25/h2-8,10H,9H2,1H3,(H,19,20)(H,22,23)(H,24,25). The third-order valence-electron chi connectivity index (χ3n) is 3.83. The first kappa shape index (κ1) is 21.4. The van der Waals surface area contributed by atoms with E-state index in [1.807, 2.05) is 0 Å². The van der Waals surface area contributed by atoms with E-state index in [9.17, 15) is 17.4 Å². The maximum absolute atomic E-state index is 12.5. The van der Waals surface area contributed by atoms with Crippen molar-refractivity contribution in [3.8, 4) is 5.75 Å². The van der Waals surface area contributed by atoms with Gasteiger partial charge in [0, 0.05) is 19.3 Å². The first-order valence-electron chi connectivity index (χ1n) is 8.26. The Balaban J connectivity index is 1.79. The van der Waals surface area contributed by atoms with Crippen molar-refractivity contribution >= 4 is 56.2 Å². The maximum Gasteiger partial charge on any atom is 0.413 e. The van der Waals surface area contributed by atoms with Gasteiger partial charge in [-0.2, -0.15) is 8.42 Å². The van der Waals surface area contributed by atoms with Crippen LogP contribution in [0, 0.1) is 0 Å². The maximum atomic E-state index is 12.5. The van der Waals surface area contributed by atoms with Crippen molar-refractivity contribution in [2.75, 3.05) is 17.7 Å². The third-order valence-corrected chi connectivity index (χ3v) is 5.53.